The van der Waals surface area contributed by atoms with Crippen molar-refractivity contribution in [3.8, 4) is 0 Å². The molecule has 3 rings (SSSR count). The zero-order valence-electron chi connectivity index (χ0n) is 15.4. The molecule has 0 atom stereocenters. The molecule has 1 fully saturated rings. The molecular weight excluding hydrogens is 398 g/mol. The number of aryl methyl sites for hydroxylation is 1. The molecule has 1 aliphatic heterocycles. The van der Waals surface area contributed by atoms with Gasteiger partial charge >= 0.3 is 5.97 Å². The maximum absolute atomic E-state index is 12.4. The third kappa shape index (κ3) is 5.29. The van der Waals surface area contributed by atoms with Crippen LogP contribution in [0.4, 0.5) is 4.79 Å². The van der Waals surface area contributed by atoms with E-state index in [4.69, 9.17) is 4.74 Å². The van der Waals surface area contributed by atoms with E-state index in [2.05, 4.69) is 15.4 Å². The van der Waals surface area contributed by atoms with E-state index >= 15 is 0 Å². The van der Waals surface area contributed by atoms with Gasteiger partial charge in [-0.2, -0.15) is 5.10 Å². The molecule has 0 saturated carbocycles. The molecule has 10 nitrogen and oxygen atoms in total. The van der Waals surface area contributed by atoms with Gasteiger partial charge in [-0.15, -0.1) is 0 Å². The van der Waals surface area contributed by atoms with E-state index in [1.165, 1.54) is 17.1 Å². The number of nitrogens with one attached hydrogen (secondary N) is 1. The fourth-order valence-corrected chi connectivity index (χ4v) is 3.27. The fourth-order valence-electron chi connectivity index (χ4n) is 2.40. The van der Waals surface area contributed by atoms with Crippen LogP contribution in [-0.2, 0) is 21.4 Å². The van der Waals surface area contributed by atoms with Crippen LogP contribution in [0.2, 0.25) is 0 Å². The van der Waals surface area contributed by atoms with Crippen molar-refractivity contribution in [3.63, 3.8) is 0 Å². The number of imide groups is 1. The lowest BCUT2D eigenvalue weighted by atomic mass is 10.2. The number of ether oxygens (including phenoxy) is 1. The maximum Gasteiger partial charge on any atom is 0.341 e. The van der Waals surface area contributed by atoms with Crippen LogP contribution in [0.3, 0.4) is 0 Å². The number of nitrogens with zero attached hydrogens (tertiary/aromatic N) is 4. The Labute approximate surface area is 169 Å². The Bertz CT molecular complexity index is 972. The highest BCUT2D eigenvalue weighted by atomic mass is 32.2. The van der Waals surface area contributed by atoms with Crippen LogP contribution in [0.1, 0.15) is 15.9 Å². The number of amides is 3. The van der Waals surface area contributed by atoms with Crippen molar-refractivity contribution in [3.05, 3.63) is 53.0 Å². The van der Waals surface area contributed by atoms with Gasteiger partial charge in [-0.05, 0) is 29.5 Å². The van der Waals surface area contributed by atoms with Gasteiger partial charge in [-0.1, -0.05) is 6.07 Å². The molecule has 1 saturated heterocycles. The lowest BCUT2D eigenvalue weighted by Gasteiger charge is -2.13. The number of carbonyl (C=O) groups is 4. The highest BCUT2D eigenvalue weighted by molar-refractivity contribution is 8.18. The molecule has 2 aromatic rings. The van der Waals surface area contributed by atoms with E-state index < -0.39 is 29.6 Å². The molecule has 1 aliphatic rings. The highest BCUT2D eigenvalue weighted by Crippen LogP contribution is 2.31. The molecule has 0 aromatic carbocycles. The molecule has 11 heteroatoms. The predicted octanol–water partition coefficient (Wildman–Crippen LogP) is 0.825. The number of pyridine rings is 1. The van der Waals surface area contributed by atoms with Crippen LogP contribution in [0.5, 0.6) is 0 Å². The molecule has 150 valence electrons. The molecule has 29 heavy (non-hydrogen) atoms. The van der Waals surface area contributed by atoms with Crippen molar-refractivity contribution >= 4 is 40.9 Å². The number of rotatable bonds is 7. The second-order valence-corrected chi connectivity index (χ2v) is 6.94. The van der Waals surface area contributed by atoms with Crippen molar-refractivity contribution < 1.29 is 23.9 Å². The minimum absolute atomic E-state index is 0.0112. The lowest BCUT2D eigenvalue weighted by molar-refractivity contribution is -0.125. The van der Waals surface area contributed by atoms with Crippen molar-refractivity contribution in [2.24, 2.45) is 7.05 Å². The largest absolute Gasteiger partial charge is 0.452 e. The van der Waals surface area contributed by atoms with Crippen LogP contribution >= 0.6 is 11.8 Å². The van der Waals surface area contributed by atoms with E-state index in [0.29, 0.717) is 10.5 Å². The van der Waals surface area contributed by atoms with Crippen LogP contribution in [0, 0.1) is 0 Å². The van der Waals surface area contributed by atoms with Crippen LogP contribution in [0.15, 0.2) is 41.8 Å². The summed E-state index contributed by atoms with van der Waals surface area (Å²) in [4.78, 5) is 53.3. The first-order valence-corrected chi connectivity index (χ1v) is 9.33. The van der Waals surface area contributed by atoms with Gasteiger partial charge in [0.05, 0.1) is 16.7 Å². The van der Waals surface area contributed by atoms with E-state index in [1.807, 2.05) is 0 Å². The van der Waals surface area contributed by atoms with E-state index in [-0.39, 0.29) is 18.7 Å². The third-order valence-corrected chi connectivity index (χ3v) is 4.70. The number of carbonyl (C=O) groups excluding carboxylic acids is 4. The van der Waals surface area contributed by atoms with Crippen molar-refractivity contribution in [1.29, 1.82) is 0 Å². The molecule has 0 unspecified atom stereocenters. The summed E-state index contributed by atoms with van der Waals surface area (Å²) >= 11 is 0.830. The Hall–Kier alpha value is -3.47. The fraction of sp³-hybridized carbons (Fsp3) is 0.222. The standard InChI is InChI=1S/C18H17N5O5S/c1-22-10-13(9-21-22)17(26)28-11-15(24)20-5-6-23-16(25)14(29-18(23)27)7-12-3-2-4-19-8-12/h2-4,7-10H,5-6,11H2,1H3,(H,20,24)/b14-7-. The molecule has 0 bridgehead atoms. The number of hydrogen-bond donors (Lipinski definition) is 1. The van der Waals surface area contributed by atoms with Gasteiger partial charge in [-0.25, -0.2) is 4.79 Å². The van der Waals surface area contributed by atoms with Gasteiger partial charge in [0.2, 0.25) is 0 Å². The molecule has 0 spiro atoms. The summed E-state index contributed by atoms with van der Waals surface area (Å²) in [5, 5.41) is 5.93. The van der Waals surface area contributed by atoms with Gasteiger partial charge in [0.25, 0.3) is 17.1 Å². The Morgan fingerprint density at radius 1 is 1.31 bits per heavy atom. The van der Waals surface area contributed by atoms with Crippen molar-refractivity contribution in [2.75, 3.05) is 19.7 Å². The summed E-state index contributed by atoms with van der Waals surface area (Å²) in [5.41, 5.74) is 0.945. The van der Waals surface area contributed by atoms with E-state index in [9.17, 15) is 19.2 Å². The summed E-state index contributed by atoms with van der Waals surface area (Å²) in [5.74, 6) is -1.64. The predicted molar refractivity (Wildman–Crippen MR) is 103 cm³/mol. The van der Waals surface area contributed by atoms with Crippen molar-refractivity contribution in [2.45, 2.75) is 0 Å². The second-order valence-electron chi connectivity index (χ2n) is 5.95. The van der Waals surface area contributed by atoms with Gasteiger partial charge in [0.1, 0.15) is 0 Å². The van der Waals surface area contributed by atoms with Gasteiger partial charge in [0, 0.05) is 38.7 Å². The highest BCUT2D eigenvalue weighted by Gasteiger charge is 2.34. The lowest BCUT2D eigenvalue weighted by Crippen LogP contribution is -2.38. The molecule has 0 aliphatic carbocycles. The molecule has 1 N–H and O–H groups in total. The van der Waals surface area contributed by atoms with E-state index in [0.717, 1.165) is 16.7 Å². The summed E-state index contributed by atoms with van der Waals surface area (Å²) in [6, 6.07) is 3.50. The number of hydrogen-bond acceptors (Lipinski definition) is 8. The Morgan fingerprint density at radius 2 is 2.14 bits per heavy atom. The Kier molecular flexibility index (Phi) is 6.39. The summed E-state index contributed by atoms with van der Waals surface area (Å²) in [7, 11) is 1.65. The average Bonchev–Trinajstić information content (AvgIpc) is 3.25. The van der Waals surface area contributed by atoms with Gasteiger partial charge in [-0.3, -0.25) is 28.9 Å². The normalized spacial score (nSPS) is 15.1. The SMILES string of the molecule is Cn1cc(C(=O)OCC(=O)NCCN2C(=O)S/C(=C\c3cccnc3)C2=O)cn1. The third-order valence-electron chi connectivity index (χ3n) is 3.79. The monoisotopic (exact) mass is 415 g/mol. The van der Waals surface area contributed by atoms with Gasteiger partial charge in [0.15, 0.2) is 6.61 Å². The second kappa shape index (κ2) is 9.15. The first-order valence-electron chi connectivity index (χ1n) is 8.52. The summed E-state index contributed by atoms with van der Waals surface area (Å²) < 4.78 is 6.32. The maximum atomic E-state index is 12.4. The minimum Gasteiger partial charge on any atom is -0.452 e. The first-order chi connectivity index (χ1) is 13.9. The Balaban J connectivity index is 1.44. The summed E-state index contributed by atoms with van der Waals surface area (Å²) in [6.07, 6.45) is 7.59. The van der Waals surface area contributed by atoms with Crippen LogP contribution in [-0.4, -0.2) is 62.4 Å². The number of aromatic nitrogens is 3. The molecule has 0 radical (unpaired) electrons. The zero-order chi connectivity index (χ0) is 20.8. The average molecular weight is 415 g/mol. The van der Waals surface area contributed by atoms with Crippen molar-refractivity contribution in [1.82, 2.24) is 25.0 Å². The molecule has 3 amide bonds. The van der Waals surface area contributed by atoms with E-state index in [1.54, 1.807) is 37.7 Å². The van der Waals surface area contributed by atoms with Crippen LogP contribution in [0.25, 0.3) is 6.08 Å². The first kappa shape index (κ1) is 20.3. The molecule has 3 heterocycles. The number of thioether (sulfide) groups is 1. The number of esters is 1. The van der Waals surface area contributed by atoms with Crippen LogP contribution < -0.4 is 5.32 Å². The Morgan fingerprint density at radius 3 is 2.83 bits per heavy atom. The van der Waals surface area contributed by atoms with Gasteiger partial charge < -0.3 is 10.1 Å². The smallest absolute Gasteiger partial charge is 0.341 e. The minimum atomic E-state index is -0.667. The molecule has 2 aromatic heterocycles. The topological polar surface area (TPSA) is 123 Å². The quantitative estimate of drug-likeness (QED) is 0.521. The zero-order valence-corrected chi connectivity index (χ0v) is 16.2. The summed E-state index contributed by atoms with van der Waals surface area (Å²) in [6.45, 7) is -0.421. The molecular formula is C18H17N5O5S.